The van der Waals surface area contributed by atoms with E-state index in [2.05, 4.69) is 41.4 Å². The Hall–Kier alpha value is -0.280. The largest absolute Gasteiger partial charge is 1.00 e. The number of quaternary nitrogens is 2. The van der Waals surface area contributed by atoms with Gasteiger partial charge in [0, 0.05) is 0 Å². The lowest BCUT2D eigenvalue weighted by molar-refractivity contribution is -0.670. The molecule has 100 valence electrons. The van der Waals surface area contributed by atoms with E-state index in [1.807, 2.05) is 0 Å². The highest BCUT2D eigenvalue weighted by Gasteiger charge is 1.94. The quantitative estimate of drug-likeness (QED) is 0.446. The summed E-state index contributed by atoms with van der Waals surface area (Å²) in [6.07, 6.45) is 5.24. The minimum atomic E-state index is 0. The van der Waals surface area contributed by atoms with Gasteiger partial charge in [-0.05, 0) is 31.2 Å². The first-order valence-electron chi connectivity index (χ1n) is 6.08. The molecule has 0 aliphatic heterocycles. The van der Waals surface area contributed by atoms with Gasteiger partial charge in [-0.2, -0.15) is 0 Å². The predicted molar refractivity (Wildman–Crippen MR) is 63.4 cm³/mol. The molecular weight excluding hydrogens is 255 g/mol. The molecule has 0 atom stereocenters. The van der Waals surface area contributed by atoms with Crippen molar-refractivity contribution in [3.63, 3.8) is 0 Å². The lowest BCUT2D eigenvalue weighted by Gasteiger charge is -2.01. The van der Waals surface area contributed by atoms with Gasteiger partial charge in [-0.15, -0.1) is 0 Å². The Bertz CT molecular complexity index is 242. The molecule has 0 unspecified atom stereocenters. The van der Waals surface area contributed by atoms with Gasteiger partial charge in [0.05, 0.1) is 6.54 Å². The van der Waals surface area contributed by atoms with Crippen LogP contribution in [-0.2, 0) is 6.42 Å². The number of hydrogen-bond donors (Lipinski definition) is 2. The van der Waals surface area contributed by atoms with E-state index in [4.69, 9.17) is 0 Å². The lowest BCUT2D eigenvalue weighted by atomic mass is 10.1. The zero-order chi connectivity index (χ0) is 10.8. The van der Waals surface area contributed by atoms with Gasteiger partial charge in [-0.1, -0.05) is 30.3 Å². The summed E-state index contributed by atoms with van der Waals surface area (Å²) in [5.41, 5.74) is 5.30. The van der Waals surface area contributed by atoms with Crippen LogP contribution in [-0.4, -0.2) is 19.6 Å². The minimum Gasteiger partial charge on any atom is -1.00 e. The van der Waals surface area contributed by atoms with Crippen LogP contribution in [0, 0.1) is 0 Å². The van der Waals surface area contributed by atoms with Crippen LogP contribution in [0.4, 0.5) is 0 Å². The Balaban J connectivity index is 0. The van der Waals surface area contributed by atoms with Crippen LogP contribution >= 0.6 is 0 Å². The van der Waals surface area contributed by atoms with Gasteiger partial charge < -0.3 is 35.9 Å². The second-order valence-electron chi connectivity index (χ2n) is 4.02. The number of nitrogens with two attached hydrogens (primary N) is 1. The van der Waals surface area contributed by atoms with E-state index in [1.165, 1.54) is 44.3 Å². The number of halogens is 2. The molecule has 2 nitrogen and oxygen atoms in total. The summed E-state index contributed by atoms with van der Waals surface area (Å²) >= 11 is 0. The molecule has 0 aliphatic carbocycles. The van der Waals surface area contributed by atoms with E-state index >= 15 is 0 Å². The molecular formula is C13H24Cl2N2. The average molecular weight is 279 g/mol. The first-order valence-corrected chi connectivity index (χ1v) is 6.08. The van der Waals surface area contributed by atoms with Gasteiger partial charge in [0.1, 0.15) is 13.1 Å². The molecule has 0 saturated heterocycles. The van der Waals surface area contributed by atoms with E-state index in [-0.39, 0.29) is 24.8 Å². The Morgan fingerprint density at radius 1 is 0.882 bits per heavy atom. The first-order chi connectivity index (χ1) is 7.43. The van der Waals surface area contributed by atoms with Gasteiger partial charge >= 0.3 is 0 Å². The zero-order valence-corrected chi connectivity index (χ0v) is 11.9. The molecule has 0 aliphatic rings. The fraction of sp³-hybridized carbons (Fsp3) is 0.538. The van der Waals surface area contributed by atoms with Crippen molar-refractivity contribution in [2.24, 2.45) is 0 Å². The van der Waals surface area contributed by atoms with Crippen molar-refractivity contribution in [3.05, 3.63) is 35.9 Å². The first kappa shape index (κ1) is 19.1. The minimum absolute atomic E-state index is 0. The second-order valence-corrected chi connectivity index (χ2v) is 4.02. The van der Waals surface area contributed by atoms with Gasteiger partial charge in [0.25, 0.3) is 0 Å². The van der Waals surface area contributed by atoms with Crippen molar-refractivity contribution in [3.8, 4) is 0 Å². The summed E-state index contributed by atoms with van der Waals surface area (Å²) in [6, 6.07) is 10.8. The Labute approximate surface area is 117 Å². The van der Waals surface area contributed by atoms with Crippen molar-refractivity contribution < 1.29 is 35.9 Å². The molecule has 0 radical (unpaired) electrons. The Morgan fingerprint density at radius 3 is 2.24 bits per heavy atom. The molecule has 1 aromatic carbocycles. The van der Waals surface area contributed by atoms with E-state index in [0.717, 1.165) is 6.54 Å². The summed E-state index contributed by atoms with van der Waals surface area (Å²) in [7, 11) is 0. The molecule has 0 fully saturated rings. The highest BCUT2D eigenvalue weighted by molar-refractivity contribution is 5.14. The van der Waals surface area contributed by atoms with Crippen LogP contribution in [0.5, 0.6) is 0 Å². The van der Waals surface area contributed by atoms with Gasteiger partial charge in [0.2, 0.25) is 0 Å². The molecule has 0 amide bonds. The van der Waals surface area contributed by atoms with Gasteiger partial charge in [-0.25, -0.2) is 0 Å². The molecule has 5 N–H and O–H groups in total. The van der Waals surface area contributed by atoms with Crippen molar-refractivity contribution >= 4 is 0 Å². The molecule has 0 spiro atoms. The van der Waals surface area contributed by atoms with Crippen molar-refractivity contribution in [1.82, 2.24) is 0 Å². The maximum absolute atomic E-state index is 3.83. The number of unbranched alkanes of at least 4 members (excludes halogenated alkanes) is 2. The van der Waals surface area contributed by atoms with Crippen LogP contribution < -0.4 is 35.9 Å². The third kappa shape index (κ3) is 10.6. The molecule has 0 saturated carbocycles. The van der Waals surface area contributed by atoms with Crippen LogP contribution in [0.25, 0.3) is 0 Å². The molecule has 1 aromatic rings. The van der Waals surface area contributed by atoms with Crippen LogP contribution in [0.15, 0.2) is 30.3 Å². The SMILES string of the molecule is [Cl-].[Cl-].[NH3+]CC[NH2+]CCCCCc1ccccc1. The summed E-state index contributed by atoms with van der Waals surface area (Å²) in [5.74, 6) is 0. The van der Waals surface area contributed by atoms with E-state index < -0.39 is 0 Å². The average Bonchev–Trinajstić information content (AvgIpc) is 2.29. The van der Waals surface area contributed by atoms with Crippen LogP contribution in [0.3, 0.4) is 0 Å². The van der Waals surface area contributed by atoms with E-state index in [9.17, 15) is 0 Å². The molecule has 17 heavy (non-hydrogen) atoms. The van der Waals surface area contributed by atoms with E-state index in [0.29, 0.717) is 0 Å². The van der Waals surface area contributed by atoms with E-state index in [1.54, 1.807) is 0 Å². The lowest BCUT2D eigenvalue weighted by Crippen LogP contribution is -3.00. The maximum atomic E-state index is 3.83. The number of aryl methyl sites for hydroxylation is 1. The molecule has 1 rings (SSSR count). The summed E-state index contributed by atoms with van der Waals surface area (Å²) in [4.78, 5) is 0. The fourth-order valence-electron chi connectivity index (χ4n) is 1.73. The van der Waals surface area contributed by atoms with Gasteiger partial charge in [0.15, 0.2) is 0 Å². The maximum Gasteiger partial charge on any atom is 0.125 e. The Morgan fingerprint density at radius 2 is 1.59 bits per heavy atom. The fourth-order valence-corrected chi connectivity index (χ4v) is 1.73. The highest BCUT2D eigenvalue weighted by atomic mass is 35.5. The second kappa shape index (κ2) is 13.8. The summed E-state index contributed by atoms with van der Waals surface area (Å²) in [5, 5.41) is 2.37. The smallest absolute Gasteiger partial charge is 0.125 e. The van der Waals surface area contributed by atoms with Crippen LogP contribution in [0.2, 0.25) is 0 Å². The molecule has 0 aromatic heterocycles. The molecule has 0 bridgehead atoms. The number of benzene rings is 1. The number of rotatable bonds is 8. The standard InChI is InChI=1S/C13H22N2.2ClH/c14-10-12-15-11-6-2-5-9-13-7-3-1-4-8-13;;/h1,3-4,7-8,15H,2,5-6,9-12,14H2;2*1H. The summed E-state index contributed by atoms with van der Waals surface area (Å²) < 4.78 is 0. The highest BCUT2D eigenvalue weighted by Crippen LogP contribution is 2.05. The predicted octanol–water partition coefficient (Wildman–Crippen LogP) is -5.79. The third-order valence-electron chi connectivity index (χ3n) is 2.62. The molecule has 0 heterocycles. The number of hydrogen-bond acceptors (Lipinski definition) is 0. The Kier molecular flexibility index (Phi) is 15.5. The van der Waals surface area contributed by atoms with Gasteiger partial charge in [-0.3, -0.25) is 0 Å². The normalized spacial score (nSPS) is 9.24. The monoisotopic (exact) mass is 278 g/mol. The van der Waals surface area contributed by atoms with Crippen LogP contribution in [0.1, 0.15) is 24.8 Å². The van der Waals surface area contributed by atoms with Crippen molar-refractivity contribution in [2.75, 3.05) is 19.6 Å². The van der Waals surface area contributed by atoms with Crippen molar-refractivity contribution in [1.29, 1.82) is 0 Å². The zero-order valence-electron chi connectivity index (χ0n) is 10.4. The third-order valence-corrected chi connectivity index (χ3v) is 2.62. The van der Waals surface area contributed by atoms with Crippen molar-refractivity contribution in [2.45, 2.75) is 25.7 Å². The summed E-state index contributed by atoms with van der Waals surface area (Å²) in [6.45, 7) is 3.49. The molecule has 4 heteroatoms. The topological polar surface area (TPSA) is 44.2 Å².